The first kappa shape index (κ1) is 22.8. The summed E-state index contributed by atoms with van der Waals surface area (Å²) in [5.74, 6) is 0.666. The Morgan fingerprint density at radius 3 is 2.09 bits per heavy atom. The topological polar surface area (TPSA) is 51.1 Å². The average Bonchev–Trinajstić information content (AvgIpc) is 3.32. The molecule has 0 radical (unpaired) electrons. The van der Waals surface area contributed by atoms with E-state index in [2.05, 4.69) is 74.5 Å². The standard InChI is InChI=1S/C26H33N2O3P/c1-25(2,3)31-24(29)28-17-21(16-22(28)23-27-26(4,5)18-30-23)32(19-12-8-6-9-13-19)20-14-10-7-11-15-20/h6-15,21-22H,16-18H2,1-5H3/t21-,22-/m0/s1. The van der Waals surface area contributed by atoms with E-state index in [4.69, 9.17) is 14.5 Å². The minimum Gasteiger partial charge on any atom is -0.477 e. The zero-order chi connectivity index (χ0) is 22.9. The summed E-state index contributed by atoms with van der Waals surface area (Å²) in [5.41, 5.74) is -0.542. The van der Waals surface area contributed by atoms with Crippen LogP contribution in [0.2, 0.25) is 0 Å². The van der Waals surface area contributed by atoms with Crippen molar-refractivity contribution in [1.82, 2.24) is 4.90 Å². The molecule has 0 bridgehead atoms. The molecule has 2 aromatic rings. The molecule has 2 aliphatic rings. The van der Waals surface area contributed by atoms with E-state index in [0.717, 1.165) is 6.42 Å². The SMILES string of the molecule is CC1(C)COC([C@@H]2C[C@H](P(c3ccccc3)c3ccccc3)CN2C(=O)OC(C)(C)C)=N1. The van der Waals surface area contributed by atoms with Gasteiger partial charge in [0.2, 0.25) is 5.90 Å². The van der Waals surface area contributed by atoms with E-state index in [1.165, 1.54) is 10.6 Å². The fourth-order valence-corrected chi connectivity index (χ4v) is 7.17. The molecule has 2 aromatic carbocycles. The predicted octanol–water partition coefficient (Wildman–Crippen LogP) is 4.70. The number of amides is 1. The maximum absolute atomic E-state index is 13.2. The zero-order valence-electron chi connectivity index (χ0n) is 19.6. The highest BCUT2D eigenvalue weighted by molar-refractivity contribution is 7.73. The summed E-state index contributed by atoms with van der Waals surface area (Å²) >= 11 is 0. The average molecular weight is 453 g/mol. The van der Waals surface area contributed by atoms with Crippen molar-refractivity contribution in [2.45, 2.75) is 63.9 Å². The van der Waals surface area contributed by atoms with Crippen molar-refractivity contribution in [2.24, 2.45) is 4.99 Å². The third-order valence-electron chi connectivity index (χ3n) is 5.61. The number of nitrogens with zero attached hydrogens (tertiary/aromatic N) is 2. The third kappa shape index (κ3) is 5.15. The van der Waals surface area contributed by atoms with Crippen molar-refractivity contribution in [2.75, 3.05) is 13.2 Å². The van der Waals surface area contributed by atoms with Gasteiger partial charge in [-0.05, 0) is 59.6 Å². The van der Waals surface area contributed by atoms with Gasteiger partial charge in [0.15, 0.2) is 0 Å². The second-order valence-electron chi connectivity index (χ2n) is 10.1. The number of likely N-dealkylation sites (tertiary alicyclic amines) is 1. The second-order valence-corrected chi connectivity index (χ2v) is 12.6. The molecule has 2 atom stereocenters. The summed E-state index contributed by atoms with van der Waals surface area (Å²) in [4.78, 5) is 19.9. The molecule has 5 nitrogen and oxygen atoms in total. The molecule has 32 heavy (non-hydrogen) atoms. The van der Waals surface area contributed by atoms with Gasteiger partial charge < -0.3 is 9.47 Å². The van der Waals surface area contributed by atoms with Crippen LogP contribution < -0.4 is 10.6 Å². The van der Waals surface area contributed by atoms with Gasteiger partial charge in [-0.3, -0.25) is 4.90 Å². The Balaban J connectivity index is 1.70. The first-order valence-electron chi connectivity index (χ1n) is 11.2. The summed E-state index contributed by atoms with van der Waals surface area (Å²) in [6.07, 6.45) is 0.515. The molecular formula is C26H33N2O3P. The highest BCUT2D eigenvalue weighted by Crippen LogP contribution is 2.46. The van der Waals surface area contributed by atoms with Crippen LogP contribution in [0.25, 0.3) is 0 Å². The molecule has 0 N–H and O–H groups in total. The lowest BCUT2D eigenvalue weighted by Gasteiger charge is -2.28. The van der Waals surface area contributed by atoms with Crippen LogP contribution in [0.4, 0.5) is 4.79 Å². The van der Waals surface area contributed by atoms with Gasteiger partial charge in [-0.1, -0.05) is 60.7 Å². The largest absolute Gasteiger partial charge is 0.477 e. The normalized spacial score (nSPS) is 22.6. The maximum atomic E-state index is 13.2. The van der Waals surface area contributed by atoms with Gasteiger partial charge in [-0.2, -0.15) is 0 Å². The van der Waals surface area contributed by atoms with Crippen LogP contribution in [-0.2, 0) is 9.47 Å². The highest BCUT2D eigenvalue weighted by Gasteiger charge is 2.46. The van der Waals surface area contributed by atoms with E-state index < -0.39 is 13.5 Å². The summed E-state index contributed by atoms with van der Waals surface area (Å²) in [6, 6.07) is 21.1. The van der Waals surface area contributed by atoms with Crippen molar-refractivity contribution in [3.63, 3.8) is 0 Å². The van der Waals surface area contributed by atoms with Crippen molar-refractivity contribution >= 4 is 30.5 Å². The Morgan fingerprint density at radius 2 is 1.62 bits per heavy atom. The number of rotatable bonds is 4. The molecule has 0 aliphatic carbocycles. The summed E-state index contributed by atoms with van der Waals surface area (Å²) < 4.78 is 11.8. The van der Waals surface area contributed by atoms with E-state index in [1.807, 2.05) is 25.7 Å². The zero-order valence-corrected chi connectivity index (χ0v) is 20.5. The number of benzene rings is 2. The lowest BCUT2D eigenvalue weighted by Crippen LogP contribution is -2.43. The minimum atomic E-state index is -0.661. The van der Waals surface area contributed by atoms with Crippen LogP contribution in [0.3, 0.4) is 0 Å². The van der Waals surface area contributed by atoms with Crippen LogP contribution in [0.15, 0.2) is 65.7 Å². The highest BCUT2D eigenvalue weighted by atomic mass is 31.1. The third-order valence-corrected chi connectivity index (χ3v) is 8.43. The lowest BCUT2D eigenvalue weighted by molar-refractivity contribution is 0.0254. The van der Waals surface area contributed by atoms with Crippen LogP contribution in [0.1, 0.15) is 41.0 Å². The van der Waals surface area contributed by atoms with Gasteiger partial charge in [-0.15, -0.1) is 0 Å². The number of ether oxygens (including phenoxy) is 2. The van der Waals surface area contributed by atoms with Crippen LogP contribution >= 0.6 is 7.92 Å². The monoisotopic (exact) mass is 452 g/mol. The first-order chi connectivity index (χ1) is 15.1. The molecule has 2 heterocycles. The summed E-state index contributed by atoms with van der Waals surface area (Å²) in [7, 11) is -0.661. The molecule has 0 saturated carbocycles. The van der Waals surface area contributed by atoms with E-state index >= 15 is 0 Å². The van der Waals surface area contributed by atoms with Gasteiger partial charge >= 0.3 is 6.09 Å². The molecule has 0 spiro atoms. The second kappa shape index (κ2) is 8.86. The van der Waals surface area contributed by atoms with Crippen LogP contribution in [0.5, 0.6) is 0 Å². The molecule has 0 unspecified atom stereocenters. The molecule has 170 valence electrons. The number of carbonyl (C=O) groups is 1. The molecule has 1 amide bonds. The lowest BCUT2D eigenvalue weighted by atomic mass is 10.1. The Morgan fingerprint density at radius 1 is 1.06 bits per heavy atom. The van der Waals surface area contributed by atoms with E-state index in [9.17, 15) is 4.79 Å². The quantitative estimate of drug-likeness (QED) is 0.632. The van der Waals surface area contributed by atoms with E-state index in [1.54, 1.807) is 0 Å². The van der Waals surface area contributed by atoms with Gasteiger partial charge in [0.1, 0.15) is 18.2 Å². The van der Waals surface area contributed by atoms with Crippen molar-refractivity contribution in [3.05, 3.63) is 60.7 Å². The number of hydrogen-bond donors (Lipinski definition) is 0. The van der Waals surface area contributed by atoms with Crippen LogP contribution in [0, 0.1) is 0 Å². The smallest absolute Gasteiger partial charge is 0.410 e. The Labute approximate surface area is 192 Å². The number of aliphatic imine (C=N–C) groups is 1. The van der Waals surface area contributed by atoms with Crippen molar-refractivity contribution in [1.29, 1.82) is 0 Å². The molecule has 1 fully saturated rings. The van der Waals surface area contributed by atoms with E-state index in [-0.39, 0.29) is 23.3 Å². The van der Waals surface area contributed by atoms with Crippen molar-refractivity contribution in [3.8, 4) is 0 Å². The fraction of sp³-hybridized carbons (Fsp3) is 0.462. The molecular weight excluding hydrogens is 419 g/mol. The van der Waals surface area contributed by atoms with E-state index in [0.29, 0.717) is 19.0 Å². The van der Waals surface area contributed by atoms with Gasteiger partial charge in [0, 0.05) is 12.2 Å². The molecule has 2 aliphatic heterocycles. The van der Waals surface area contributed by atoms with Gasteiger partial charge in [-0.25, -0.2) is 9.79 Å². The fourth-order valence-electron chi connectivity index (χ4n) is 4.29. The number of carbonyl (C=O) groups excluding carboxylic acids is 1. The van der Waals surface area contributed by atoms with Gasteiger partial charge in [0.25, 0.3) is 0 Å². The predicted molar refractivity (Wildman–Crippen MR) is 132 cm³/mol. The molecule has 4 rings (SSSR count). The minimum absolute atomic E-state index is 0.200. The van der Waals surface area contributed by atoms with Crippen LogP contribution in [-0.4, -0.2) is 52.9 Å². The van der Waals surface area contributed by atoms with Crippen molar-refractivity contribution < 1.29 is 14.3 Å². The number of hydrogen-bond acceptors (Lipinski definition) is 4. The molecule has 0 aromatic heterocycles. The Hall–Kier alpha value is -2.39. The van der Waals surface area contributed by atoms with Gasteiger partial charge in [0.05, 0.1) is 5.54 Å². The Kier molecular flexibility index (Phi) is 6.31. The summed E-state index contributed by atoms with van der Waals surface area (Å²) in [6.45, 7) is 11.0. The molecule has 1 saturated heterocycles. The maximum Gasteiger partial charge on any atom is 0.410 e. The molecule has 6 heteroatoms. The Bertz CT molecular complexity index is 930. The summed E-state index contributed by atoms with van der Waals surface area (Å²) in [5, 5.41) is 2.64. The first-order valence-corrected chi connectivity index (χ1v) is 12.7.